The predicted molar refractivity (Wildman–Crippen MR) is 123 cm³/mol. The molecule has 0 aromatic heterocycles. The van der Waals surface area contributed by atoms with Gasteiger partial charge in [-0.05, 0) is 40.2 Å². The molecule has 0 saturated carbocycles. The number of aliphatic hydroxyl groups excluding tert-OH is 2. The molecular weight excluding hydrogens is 422 g/mol. The van der Waals surface area contributed by atoms with Crippen LogP contribution in [-0.4, -0.2) is 127 Å². The third kappa shape index (κ3) is 20.2. The molecule has 0 bridgehead atoms. The molecule has 10 nitrogen and oxygen atoms in total. The molecule has 0 spiro atoms. The molecular formula is C20H47N3O7Si. The Bertz CT molecular complexity index is 436. The molecule has 0 aliphatic carbocycles. The van der Waals surface area contributed by atoms with Gasteiger partial charge in [-0.3, -0.25) is 9.80 Å². The highest BCUT2D eigenvalue weighted by Crippen LogP contribution is 2.08. The number of ether oxygens (including phenoxy) is 2. The van der Waals surface area contributed by atoms with Gasteiger partial charge in [-0.2, -0.15) is 0 Å². The fraction of sp³-hybridized carbons (Fsp3) is 1.00. The van der Waals surface area contributed by atoms with Crippen molar-refractivity contribution >= 4 is 8.80 Å². The van der Waals surface area contributed by atoms with Gasteiger partial charge < -0.3 is 39.8 Å². The maximum atomic E-state index is 10.3. The van der Waals surface area contributed by atoms with Crippen molar-refractivity contribution in [1.82, 2.24) is 9.80 Å². The second kappa shape index (κ2) is 16.4. The van der Waals surface area contributed by atoms with Gasteiger partial charge in [-0.1, -0.05) is 6.92 Å². The van der Waals surface area contributed by atoms with Crippen molar-refractivity contribution in [3.8, 4) is 0 Å². The molecule has 0 amide bonds. The molecule has 7 N–H and O–H groups in total. The third-order valence-electron chi connectivity index (χ3n) is 4.48. The van der Waals surface area contributed by atoms with Gasteiger partial charge in [0.05, 0.1) is 31.0 Å². The molecule has 2 unspecified atom stereocenters. The summed E-state index contributed by atoms with van der Waals surface area (Å²) in [6.07, 6.45) is 0.0322. The number of nitrogens with zero attached hydrogens (tertiary/aromatic N) is 2. The van der Waals surface area contributed by atoms with Crippen molar-refractivity contribution in [2.75, 3.05) is 65.6 Å². The van der Waals surface area contributed by atoms with Crippen LogP contribution in [0.25, 0.3) is 0 Å². The fourth-order valence-electron chi connectivity index (χ4n) is 3.05. The molecule has 0 aliphatic heterocycles. The quantitative estimate of drug-likeness (QED) is 0.101. The van der Waals surface area contributed by atoms with Crippen molar-refractivity contribution in [1.29, 1.82) is 0 Å². The third-order valence-corrected chi connectivity index (χ3v) is 5.50. The van der Waals surface area contributed by atoms with Gasteiger partial charge in [-0.25, -0.2) is 0 Å². The van der Waals surface area contributed by atoms with Crippen LogP contribution in [0, 0.1) is 0 Å². The number of aliphatic hydroxyl groups is 2. The van der Waals surface area contributed by atoms with Crippen LogP contribution in [0.5, 0.6) is 0 Å². The normalized spacial score (nSPS) is 15.1. The minimum Gasteiger partial charge on any atom is -0.390 e. The topological polar surface area (TPSA) is 152 Å². The Morgan fingerprint density at radius 3 is 1.94 bits per heavy atom. The Morgan fingerprint density at radius 1 is 0.903 bits per heavy atom. The summed E-state index contributed by atoms with van der Waals surface area (Å²) in [5.74, 6) is 0. The van der Waals surface area contributed by atoms with E-state index in [-0.39, 0.29) is 24.9 Å². The highest BCUT2D eigenvalue weighted by atomic mass is 28.4. The predicted octanol–water partition coefficient (Wildman–Crippen LogP) is -1.18. The largest absolute Gasteiger partial charge is 0.492 e. The van der Waals surface area contributed by atoms with Crippen LogP contribution in [0.1, 0.15) is 40.5 Å². The molecule has 0 rings (SSSR count). The summed E-state index contributed by atoms with van der Waals surface area (Å²) in [5.41, 5.74) is 5.43. The van der Waals surface area contributed by atoms with Gasteiger partial charge in [0.1, 0.15) is 0 Å². The Morgan fingerprint density at radius 2 is 1.45 bits per heavy atom. The molecule has 0 radical (unpaired) electrons. The molecule has 188 valence electrons. The van der Waals surface area contributed by atoms with Gasteiger partial charge in [0, 0.05) is 51.9 Å². The molecule has 2 atom stereocenters. The second-order valence-corrected chi connectivity index (χ2v) is 11.1. The van der Waals surface area contributed by atoms with Crippen molar-refractivity contribution in [2.24, 2.45) is 5.73 Å². The van der Waals surface area contributed by atoms with Crippen LogP contribution in [-0.2, 0) is 9.47 Å². The first-order valence-corrected chi connectivity index (χ1v) is 13.3. The Hall–Kier alpha value is -0.183. The zero-order chi connectivity index (χ0) is 23.9. The van der Waals surface area contributed by atoms with Crippen molar-refractivity contribution in [3.05, 3.63) is 0 Å². The van der Waals surface area contributed by atoms with Gasteiger partial charge in [0.25, 0.3) is 0 Å². The van der Waals surface area contributed by atoms with Crippen molar-refractivity contribution in [2.45, 2.75) is 64.4 Å². The second-order valence-electron chi connectivity index (χ2n) is 9.07. The molecule has 0 heterocycles. The lowest BCUT2D eigenvalue weighted by Crippen LogP contribution is -2.44. The van der Waals surface area contributed by atoms with E-state index in [1.807, 2.05) is 20.8 Å². The van der Waals surface area contributed by atoms with Gasteiger partial charge in [0.15, 0.2) is 0 Å². The Labute approximate surface area is 188 Å². The number of hydrogen-bond donors (Lipinski definition) is 6. The van der Waals surface area contributed by atoms with E-state index in [0.29, 0.717) is 45.8 Å². The van der Waals surface area contributed by atoms with Crippen LogP contribution in [0.4, 0.5) is 0 Å². The maximum absolute atomic E-state index is 10.3. The molecule has 0 aromatic rings. The lowest BCUT2D eigenvalue weighted by atomic mass is 10.2. The maximum Gasteiger partial charge on any atom is 0.492 e. The lowest BCUT2D eigenvalue weighted by Gasteiger charge is -2.30. The SMILES string of the molecule is CCCN(CCN(CCN)CC(O)COCCC[Si](O)(O)O)CC(O)COC(C)(C)C. The average molecular weight is 470 g/mol. The highest BCUT2D eigenvalue weighted by molar-refractivity contribution is 6.56. The van der Waals surface area contributed by atoms with E-state index < -0.39 is 21.0 Å². The minimum absolute atomic E-state index is 0.0811. The lowest BCUT2D eigenvalue weighted by molar-refractivity contribution is -0.0566. The summed E-state index contributed by atoms with van der Waals surface area (Å²) >= 11 is 0. The number of nitrogens with two attached hydrogens (primary N) is 1. The van der Waals surface area contributed by atoms with Gasteiger partial charge >= 0.3 is 8.80 Å². The van der Waals surface area contributed by atoms with Crippen molar-refractivity contribution in [3.63, 3.8) is 0 Å². The standard InChI is InChI=1S/C20H47N3O7Si/c1-5-8-22(15-19(25)17-30-20(2,3)4)10-11-23(9-7-21)14-18(24)16-29-12-6-13-31(26,27)28/h18-19,24-28H,5-17,21H2,1-4H3. The van der Waals surface area contributed by atoms with Crippen LogP contribution in [0.3, 0.4) is 0 Å². The van der Waals surface area contributed by atoms with E-state index in [1.54, 1.807) is 0 Å². The molecule has 11 heteroatoms. The number of rotatable bonds is 19. The molecule has 0 aliphatic rings. The number of hydrogen-bond acceptors (Lipinski definition) is 10. The van der Waals surface area contributed by atoms with Gasteiger partial charge in [-0.15, -0.1) is 0 Å². The summed E-state index contributed by atoms with van der Waals surface area (Å²) < 4.78 is 11.0. The molecule has 0 saturated heterocycles. The average Bonchev–Trinajstić information content (AvgIpc) is 2.63. The first kappa shape index (κ1) is 30.8. The van der Waals surface area contributed by atoms with E-state index in [2.05, 4.69) is 16.7 Å². The summed E-state index contributed by atoms with van der Waals surface area (Å²) in [5, 5.41) is 20.6. The van der Waals surface area contributed by atoms with E-state index >= 15 is 0 Å². The van der Waals surface area contributed by atoms with Gasteiger partial charge in [0.2, 0.25) is 0 Å². The van der Waals surface area contributed by atoms with E-state index in [1.165, 1.54) is 0 Å². The highest BCUT2D eigenvalue weighted by Gasteiger charge is 2.25. The van der Waals surface area contributed by atoms with Crippen molar-refractivity contribution < 1.29 is 34.1 Å². The van der Waals surface area contributed by atoms with Crippen LogP contribution < -0.4 is 5.73 Å². The molecule has 31 heavy (non-hydrogen) atoms. The fourth-order valence-corrected chi connectivity index (χ4v) is 3.67. The summed E-state index contributed by atoms with van der Waals surface area (Å²) in [7, 11) is -4.02. The summed E-state index contributed by atoms with van der Waals surface area (Å²) in [4.78, 5) is 31.2. The van der Waals surface area contributed by atoms with E-state index in [9.17, 15) is 10.2 Å². The smallest absolute Gasteiger partial charge is 0.390 e. The first-order chi connectivity index (χ1) is 14.4. The summed E-state index contributed by atoms with van der Waals surface area (Å²) in [6, 6.07) is -0.0811. The molecule has 0 aromatic carbocycles. The zero-order valence-electron chi connectivity index (χ0n) is 19.9. The van der Waals surface area contributed by atoms with E-state index in [0.717, 1.165) is 19.5 Å². The van der Waals surface area contributed by atoms with Crippen LogP contribution in [0.15, 0.2) is 0 Å². The Kier molecular flexibility index (Phi) is 16.3. The zero-order valence-corrected chi connectivity index (χ0v) is 20.9. The first-order valence-electron chi connectivity index (χ1n) is 11.3. The Balaban J connectivity index is 4.37. The summed E-state index contributed by atoms with van der Waals surface area (Å²) in [6.45, 7) is 13.0. The minimum atomic E-state index is -4.02. The molecule has 0 fully saturated rings. The monoisotopic (exact) mass is 469 g/mol. The van der Waals surface area contributed by atoms with Crippen LogP contribution in [0.2, 0.25) is 6.04 Å². The van der Waals surface area contributed by atoms with Crippen LogP contribution >= 0.6 is 0 Å². The van der Waals surface area contributed by atoms with E-state index in [4.69, 9.17) is 29.6 Å².